The van der Waals surface area contributed by atoms with E-state index >= 15 is 0 Å². The molecule has 2 N–H and O–H groups in total. The molecule has 0 bridgehead atoms. The van der Waals surface area contributed by atoms with Crippen molar-refractivity contribution in [2.45, 2.75) is 70.1 Å². The van der Waals surface area contributed by atoms with Crippen LogP contribution in [0.3, 0.4) is 0 Å². The van der Waals surface area contributed by atoms with Crippen molar-refractivity contribution in [2.24, 2.45) is 0 Å². The number of hydrogen-bond donors (Lipinski definition) is 2. The van der Waals surface area contributed by atoms with Gasteiger partial charge in [0.2, 0.25) is 0 Å². The standard InChI is InChI=1S/C12H21F2NO3/c1-10(2,3)18-9(17)15-11(4)6-5-7-12(13,14)8(11)16/h8,16H,5-7H2,1-4H3,(H,15,17)/t8-,11+/m0/s1. The van der Waals surface area contributed by atoms with Crippen LogP contribution in [0.2, 0.25) is 0 Å². The molecular weight excluding hydrogens is 244 g/mol. The normalized spacial score (nSPS) is 31.8. The molecule has 0 radical (unpaired) electrons. The van der Waals surface area contributed by atoms with Crippen molar-refractivity contribution in [3.8, 4) is 0 Å². The molecule has 1 saturated carbocycles. The number of carbonyl (C=O) groups is 1. The first-order valence-electron chi connectivity index (χ1n) is 6.03. The van der Waals surface area contributed by atoms with E-state index in [1.54, 1.807) is 20.8 Å². The van der Waals surface area contributed by atoms with E-state index in [0.29, 0.717) is 6.42 Å². The summed E-state index contributed by atoms with van der Waals surface area (Å²) in [7, 11) is 0. The molecule has 1 amide bonds. The lowest BCUT2D eigenvalue weighted by Crippen LogP contribution is -2.63. The summed E-state index contributed by atoms with van der Waals surface area (Å²) in [5.41, 5.74) is -2.06. The van der Waals surface area contributed by atoms with Crippen LogP contribution < -0.4 is 5.32 Å². The zero-order valence-corrected chi connectivity index (χ0v) is 11.2. The monoisotopic (exact) mass is 265 g/mol. The number of alkyl halides is 2. The molecule has 1 aliphatic rings. The summed E-state index contributed by atoms with van der Waals surface area (Å²) in [6.07, 6.45) is -2.51. The number of alkyl carbamates (subject to hydrolysis) is 1. The summed E-state index contributed by atoms with van der Waals surface area (Å²) >= 11 is 0. The summed E-state index contributed by atoms with van der Waals surface area (Å²) in [6.45, 7) is 6.46. The molecule has 1 fully saturated rings. The maximum absolute atomic E-state index is 13.4. The van der Waals surface area contributed by atoms with Crippen molar-refractivity contribution < 1.29 is 23.4 Å². The van der Waals surface area contributed by atoms with Crippen molar-refractivity contribution in [2.75, 3.05) is 0 Å². The molecule has 1 rings (SSSR count). The van der Waals surface area contributed by atoms with Gasteiger partial charge in [0.05, 0.1) is 5.54 Å². The summed E-state index contributed by atoms with van der Waals surface area (Å²) < 4.78 is 31.9. The van der Waals surface area contributed by atoms with Gasteiger partial charge in [-0.2, -0.15) is 0 Å². The summed E-state index contributed by atoms with van der Waals surface area (Å²) in [5.74, 6) is -3.18. The van der Waals surface area contributed by atoms with E-state index in [1.807, 2.05) is 0 Å². The summed E-state index contributed by atoms with van der Waals surface area (Å²) in [6, 6.07) is 0. The van der Waals surface area contributed by atoms with Crippen molar-refractivity contribution in [1.82, 2.24) is 5.32 Å². The minimum absolute atomic E-state index is 0.246. The Morgan fingerprint density at radius 2 is 1.94 bits per heavy atom. The molecular formula is C12H21F2NO3. The third-order valence-electron chi connectivity index (χ3n) is 3.00. The average molecular weight is 265 g/mol. The first kappa shape index (κ1) is 15.1. The number of halogens is 2. The second kappa shape index (κ2) is 4.64. The number of carbonyl (C=O) groups excluding carboxylic acids is 1. The Bertz CT molecular complexity index is 328. The lowest BCUT2D eigenvalue weighted by Gasteiger charge is -2.43. The van der Waals surface area contributed by atoms with Crippen LogP contribution in [0.1, 0.15) is 47.0 Å². The van der Waals surface area contributed by atoms with Crippen molar-refractivity contribution >= 4 is 6.09 Å². The molecule has 0 heterocycles. The van der Waals surface area contributed by atoms with Crippen LogP contribution in [-0.2, 0) is 4.74 Å². The van der Waals surface area contributed by atoms with E-state index in [2.05, 4.69) is 5.32 Å². The average Bonchev–Trinajstić information content (AvgIpc) is 2.10. The second-order valence-electron chi connectivity index (χ2n) is 6.06. The van der Waals surface area contributed by atoms with Gasteiger partial charge in [-0.15, -0.1) is 0 Å². The van der Waals surface area contributed by atoms with Crippen molar-refractivity contribution in [3.63, 3.8) is 0 Å². The fourth-order valence-corrected chi connectivity index (χ4v) is 2.10. The van der Waals surface area contributed by atoms with Crippen LogP contribution in [0.5, 0.6) is 0 Å². The van der Waals surface area contributed by atoms with Gasteiger partial charge in [0.15, 0.2) is 0 Å². The molecule has 0 unspecified atom stereocenters. The maximum atomic E-state index is 13.4. The summed E-state index contributed by atoms with van der Waals surface area (Å²) in [5, 5.41) is 12.0. The minimum Gasteiger partial charge on any atom is -0.444 e. The number of aliphatic hydroxyl groups is 1. The largest absolute Gasteiger partial charge is 0.444 e. The highest BCUT2D eigenvalue weighted by Crippen LogP contribution is 2.39. The predicted octanol–water partition coefficient (Wildman–Crippen LogP) is 2.45. The lowest BCUT2D eigenvalue weighted by atomic mass is 9.78. The smallest absolute Gasteiger partial charge is 0.408 e. The number of ether oxygens (including phenoxy) is 1. The van der Waals surface area contributed by atoms with Crippen LogP contribution in [0, 0.1) is 0 Å². The van der Waals surface area contributed by atoms with E-state index in [9.17, 15) is 18.7 Å². The molecule has 4 nitrogen and oxygen atoms in total. The van der Waals surface area contributed by atoms with Gasteiger partial charge in [-0.05, 0) is 40.5 Å². The molecule has 0 aromatic carbocycles. The molecule has 0 saturated heterocycles. The fourth-order valence-electron chi connectivity index (χ4n) is 2.10. The minimum atomic E-state index is -3.18. The van der Waals surface area contributed by atoms with Crippen molar-refractivity contribution in [3.05, 3.63) is 0 Å². The Morgan fingerprint density at radius 3 is 2.44 bits per heavy atom. The molecule has 1 aliphatic carbocycles. The predicted molar refractivity (Wildman–Crippen MR) is 62.6 cm³/mol. The quantitative estimate of drug-likeness (QED) is 0.765. The third kappa shape index (κ3) is 3.54. The molecule has 0 spiro atoms. The number of rotatable bonds is 1. The van der Waals surface area contributed by atoms with Gasteiger partial charge < -0.3 is 15.2 Å². The lowest BCUT2D eigenvalue weighted by molar-refractivity contribution is -0.165. The number of aliphatic hydroxyl groups excluding tert-OH is 1. The highest BCUT2D eigenvalue weighted by atomic mass is 19.3. The van der Waals surface area contributed by atoms with Gasteiger partial charge in [-0.25, -0.2) is 13.6 Å². The highest BCUT2D eigenvalue weighted by molar-refractivity contribution is 5.69. The number of amides is 1. The summed E-state index contributed by atoms with van der Waals surface area (Å²) in [4.78, 5) is 11.6. The molecule has 0 aromatic heterocycles. The van der Waals surface area contributed by atoms with Crippen LogP contribution >= 0.6 is 0 Å². The van der Waals surface area contributed by atoms with Gasteiger partial charge in [-0.3, -0.25) is 0 Å². The highest BCUT2D eigenvalue weighted by Gasteiger charge is 2.53. The Kier molecular flexibility index (Phi) is 3.91. The van der Waals surface area contributed by atoms with Crippen LogP contribution in [0.15, 0.2) is 0 Å². The van der Waals surface area contributed by atoms with Gasteiger partial charge >= 0.3 is 6.09 Å². The molecule has 6 heteroatoms. The SMILES string of the molecule is CC(C)(C)OC(=O)N[C@]1(C)CCCC(F)(F)[C@H]1O. The zero-order valence-electron chi connectivity index (χ0n) is 11.2. The molecule has 106 valence electrons. The van der Waals surface area contributed by atoms with Gasteiger partial charge in [0.25, 0.3) is 5.92 Å². The van der Waals surface area contributed by atoms with E-state index in [1.165, 1.54) is 6.92 Å². The van der Waals surface area contributed by atoms with E-state index in [-0.39, 0.29) is 12.8 Å². The first-order valence-corrected chi connectivity index (χ1v) is 6.03. The Morgan fingerprint density at radius 1 is 1.39 bits per heavy atom. The molecule has 2 atom stereocenters. The maximum Gasteiger partial charge on any atom is 0.408 e. The Hall–Kier alpha value is -0.910. The molecule has 18 heavy (non-hydrogen) atoms. The molecule has 0 aliphatic heterocycles. The van der Waals surface area contributed by atoms with Gasteiger partial charge in [0.1, 0.15) is 11.7 Å². The van der Waals surface area contributed by atoms with Crippen LogP contribution in [0.4, 0.5) is 13.6 Å². The number of nitrogens with one attached hydrogen (secondary N) is 1. The topological polar surface area (TPSA) is 58.6 Å². The second-order valence-corrected chi connectivity index (χ2v) is 6.06. The Balaban J connectivity index is 2.72. The van der Waals surface area contributed by atoms with Gasteiger partial charge in [0, 0.05) is 6.42 Å². The van der Waals surface area contributed by atoms with Gasteiger partial charge in [-0.1, -0.05) is 0 Å². The third-order valence-corrected chi connectivity index (χ3v) is 3.00. The van der Waals surface area contributed by atoms with E-state index < -0.39 is 29.3 Å². The van der Waals surface area contributed by atoms with E-state index in [4.69, 9.17) is 4.74 Å². The van der Waals surface area contributed by atoms with Crippen molar-refractivity contribution in [1.29, 1.82) is 0 Å². The van der Waals surface area contributed by atoms with Crippen LogP contribution in [-0.4, -0.2) is 34.4 Å². The fraction of sp³-hybridized carbons (Fsp3) is 0.917. The number of hydrogen-bond acceptors (Lipinski definition) is 3. The zero-order chi connectivity index (χ0) is 14.2. The van der Waals surface area contributed by atoms with Crippen LogP contribution in [0.25, 0.3) is 0 Å². The Labute approximate surface area is 106 Å². The molecule has 0 aromatic rings. The van der Waals surface area contributed by atoms with E-state index in [0.717, 1.165) is 0 Å². The first-order chi connectivity index (χ1) is 7.96.